The molecule has 6 heteroatoms. The highest BCUT2D eigenvalue weighted by Crippen LogP contribution is 2.31. The molecule has 15 heavy (non-hydrogen) atoms. The van der Waals surface area contributed by atoms with Crippen LogP contribution in [0, 0.1) is 0 Å². The Morgan fingerprint density at radius 1 is 1.53 bits per heavy atom. The molecule has 0 spiro atoms. The van der Waals surface area contributed by atoms with Gasteiger partial charge in [0, 0.05) is 12.3 Å². The summed E-state index contributed by atoms with van der Waals surface area (Å²) in [5.41, 5.74) is 0.395. The summed E-state index contributed by atoms with van der Waals surface area (Å²) in [6, 6.07) is 1.66. The molecule has 0 unspecified atom stereocenters. The summed E-state index contributed by atoms with van der Waals surface area (Å²) in [5, 5.41) is 0. The molecule has 5 nitrogen and oxygen atoms in total. The predicted molar refractivity (Wildman–Crippen MR) is 56.4 cm³/mol. The van der Waals surface area contributed by atoms with Crippen molar-refractivity contribution in [2.75, 3.05) is 11.0 Å². The number of hydrogen-bond donors (Lipinski definition) is 1. The fourth-order valence-corrected chi connectivity index (χ4v) is 1.68. The van der Waals surface area contributed by atoms with E-state index in [1.165, 1.54) is 6.20 Å². The minimum absolute atomic E-state index is 0.229. The van der Waals surface area contributed by atoms with Crippen molar-refractivity contribution in [3.63, 3.8) is 0 Å². The first-order valence-electron chi connectivity index (χ1n) is 4.63. The summed E-state index contributed by atoms with van der Waals surface area (Å²) in [5.74, 6) is 0.540. The van der Waals surface area contributed by atoms with Crippen LogP contribution < -0.4 is 9.46 Å². The molecule has 1 heterocycles. The molecule has 0 aliphatic heterocycles. The van der Waals surface area contributed by atoms with E-state index in [9.17, 15) is 8.42 Å². The number of pyridine rings is 1. The van der Waals surface area contributed by atoms with Gasteiger partial charge in [-0.05, 0) is 12.8 Å². The standard InChI is InChI=1S/C9H12N2O3S/c1-15(12,13)11-8-6-10-5-4-9(8)14-7-2-3-7/h4-7,11H,2-3H2,1H3. The van der Waals surface area contributed by atoms with Gasteiger partial charge in [0.05, 0.1) is 18.6 Å². The van der Waals surface area contributed by atoms with Crippen LogP contribution in [-0.2, 0) is 10.0 Å². The normalized spacial score (nSPS) is 16.1. The summed E-state index contributed by atoms with van der Waals surface area (Å²) in [4.78, 5) is 3.85. The van der Waals surface area contributed by atoms with Crippen molar-refractivity contribution in [3.05, 3.63) is 18.5 Å². The van der Waals surface area contributed by atoms with Gasteiger partial charge in [0.15, 0.2) is 0 Å². The highest BCUT2D eigenvalue weighted by Gasteiger charge is 2.24. The first-order valence-corrected chi connectivity index (χ1v) is 6.52. The molecule has 1 fully saturated rings. The van der Waals surface area contributed by atoms with Crippen molar-refractivity contribution in [2.24, 2.45) is 0 Å². The lowest BCUT2D eigenvalue weighted by molar-refractivity contribution is 0.304. The van der Waals surface area contributed by atoms with Gasteiger partial charge in [0.25, 0.3) is 0 Å². The topological polar surface area (TPSA) is 68.3 Å². The molecule has 1 saturated carbocycles. The molecule has 0 aromatic carbocycles. The van der Waals surface area contributed by atoms with E-state index in [1.807, 2.05) is 0 Å². The number of anilines is 1. The van der Waals surface area contributed by atoms with E-state index in [0.717, 1.165) is 19.1 Å². The van der Waals surface area contributed by atoms with Crippen LogP contribution in [0.25, 0.3) is 0 Å². The number of hydrogen-bond acceptors (Lipinski definition) is 4. The number of nitrogens with zero attached hydrogens (tertiary/aromatic N) is 1. The zero-order chi connectivity index (χ0) is 10.9. The van der Waals surface area contributed by atoms with Gasteiger partial charge in [-0.15, -0.1) is 0 Å². The highest BCUT2D eigenvalue weighted by molar-refractivity contribution is 7.92. The Morgan fingerprint density at radius 3 is 2.87 bits per heavy atom. The number of sulfonamides is 1. The molecule has 0 radical (unpaired) electrons. The van der Waals surface area contributed by atoms with Crippen molar-refractivity contribution >= 4 is 15.7 Å². The first kappa shape index (κ1) is 10.2. The summed E-state index contributed by atoms with van der Waals surface area (Å²) in [7, 11) is -3.29. The van der Waals surface area contributed by atoms with Gasteiger partial charge < -0.3 is 4.74 Å². The van der Waals surface area contributed by atoms with Crippen LogP contribution in [0.3, 0.4) is 0 Å². The summed E-state index contributed by atoms with van der Waals surface area (Å²) < 4.78 is 30.0. The second-order valence-electron chi connectivity index (χ2n) is 3.56. The number of aromatic nitrogens is 1. The van der Waals surface area contributed by atoms with Gasteiger partial charge in [0.1, 0.15) is 11.4 Å². The van der Waals surface area contributed by atoms with E-state index in [4.69, 9.17) is 4.74 Å². The quantitative estimate of drug-likeness (QED) is 0.834. The highest BCUT2D eigenvalue weighted by atomic mass is 32.2. The molecule has 0 saturated heterocycles. The van der Waals surface area contributed by atoms with Crippen molar-refractivity contribution in [3.8, 4) is 5.75 Å². The maximum Gasteiger partial charge on any atom is 0.229 e. The van der Waals surface area contributed by atoms with Gasteiger partial charge in [-0.2, -0.15) is 0 Å². The Labute approximate surface area is 88.5 Å². The van der Waals surface area contributed by atoms with Crippen LogP contribution in [0.2, 0.25) is 0 Å². The van der Waals surface area contributed by atoms with Gasteiger partial charge in [0.2, 0.25) is 10.0 Å². The fourth-order valence-electron chi connectivity index (χ4n) is 1.13. The van der Waals surface area contributed by atoms with Crippen LogP contribution in [0.4, 0.5) is 5.69 Å². The SMILES string of the molecule is CS(=O)(=O)Nc1cnccc1OC1CC1. The summed E-state index contributed by atoms with van der Waals surface area (Å²) in [6.45, 7) is 0. The second-order valence-corrected chi connectivity index (χ2v) is 5.31. The molecule has 1 N–H and O–H groups in total. The van der Waals surface area contributed by atoms with E-state index in [1.54, 1.807) is 12.3 Å². The number of ether oxygens (including phenoxy) is 1. The summed E-state index contributed by atoms with van der Waals surface area (Å²) >= 11 is 0. The largest absolute Gasteiger partial charge is 0.488 e. The van der Waals surface area contributed by atoms with E-state index in [-0.39, 0.29) is 6.10 Å². The lowest BCUT2D eigenvalue weighted by atomic mass is 10.4. The van der Waals surface area contributed by atoms with Crippen molar-refractivity contribution in [1.82, 2.24) is 4.98 Å². The molecule has 0 atom stereocenters. The Morgan fingerprint density at radius 2 is 2.27 bits per heavy atom. The van der Waals surface area contributed by atoms with Crippen LogP contribution >= 0.6 is 0 Å². The van der Waals surface area contributed by atoms with Gasteiger partial charge in [-0.1, -0.05) is 0 Å². The molecular weight excluding hydrogens is 216 g/mol. The summed E-state index contributed by atoms with van der Waals surface area (Å²) in [6.07, 6.45) is 6.40. The molecule has 1 aliphatic rings. The van der Waals surface area contributed by atoms with Crippen LogP contribution in [0.15, 0.2) is 18.5 Å². The van der Waals surface area contributed by atoms with Crippen molar-refractivity contribution < 1.29 is 13.2 Å². The predicted octanol–water partition coefficient (Wildman–Crippen LogP) is 0.994. The second kappa shape index (κ2) is 3.69. The maximum atomic E-state index is 11.1. The van der Waals surface area contributed by atoms with Crippen molar-refractivity contribution in [2.45, 2.75) is 18.9 Å². The van der Waals surface area contributed by atoms with Gasteiger partial charge >= 0.3 is 0 Å². The van der Waals surface area contributed by atoms with Crippen LogP contribution in [0.5, 0.6) is 5.75 Å². The van der Waals surface area contributed by atoms with E-state index < -0.39 is 10.0 Å². The van der Waals surface area contributed by atoms with E-state index in [0.29, 0.717) is 11.4 Å². The van der Waals surface area contributed by atoms with Gasteiger partial charge in [-0.25, -0.2) is 8.42 Å². The minimum atomic E-state index is -3.29. The first-order chi connectivity index (χ1) is 7.04. The molecule has 2 rings (SSSR count). The zero-order valence-corrected chi connectivity index (χ0v) is 9.12. The fraction of sp³-hybridized carbons (Fsp3) is 0.444. The average Bonchev–Trinajstić information content (AvgIpc) is 2.89. The third-order valence-electron chi connectivity index (χ3n) is 1.89. The average molecular weight is 228 g/mol. The third kappa shape index (κ3) is 3.09. The third-order valence-corrected chi connectivity index (χ3v) is 2.49. The van der Waals surface area contributed by atoms with Crippen molar-refractivity contribution in [1.29, 1.82) is 0 Å². The molecule has 1 aliphatic carbocycles. The lowest BCUT2D eigenvalue weighted by Crippen LogP contribution is -2.11. The molecule has 82 valence electrons. The Hall–Kier alpha value is -1.30. The zero-order valence-electron chi connectivity index (χ0n) is 8.30. The molecule has 0 amide bonds. The maximum absolute atomic E-state index is 11.1. The van der Waals surface area contributed by atoms with E-state index >= 15 is 0 Å². The van der Waals surface area contributed by atoms with Gasteiger partial charge in [-0.3, -0.25) is 9.71 Å². The lowest BCUT2D eigenvalue weighted by Gasteiger charge is -2.10. The van der Waals surface area contributed by atoms with Crippen LogP contribution in [-0.4, -0.2) is 25.8 Å². The Bertz CT molecular complexity index is 454. The molecular formula is C9H12N2O3S. The number of nitrogens with one attached hydrogen (secondary N) is 1. The Balaban J connectivity index is 2.20. The minimum Gasteiger partial charge on any atom is -0.488 e. The molecule has 1 aromatic rings. The molecule has 1 aromatic heterocycles. The van der Waals surface area contributed by atoms with E-state index in [2.05, 4.69) is 9.71 Å². The molecule has 0 bridgehead atoms. The van der Waals surface area contributed by atoms with Crippen LogP contribution in [0.1, 0.15) is 12.8 Å². The monoisotopic (exact) mass is 228 g/mol. The smallest absolute Gasteiger partial charge is 0.229 e. The number of rotatable bonds is 4. The Kier molecular flexibility index (Phi) is 2.52.